The summed E-state index contributed by atoms with van der Waals surface area (Å²) in [6, 6.07) is 17.4. The third kappa shape index (κ3) is 5.11. The van der Waals surface area contributed by atoms with Gasteiger partial charge in [0.15, 0.2) is 6.10 Å². The summed E-state index contributed by atoms with van der Waals surface area (Å²) >= 11 is 0. The van der Waals surface area contributed by atoms with E-state index in [0.29, 0.717) is 28.0 Å². The van der Waals surface area contributed by atoms with Crippen molar-refractivity contribution in [3.8, 4) is 11.3 Å². The Hall–Kier alpha value is -4.33. The van der Waals surface area contributed by atoms with E-state index in [4.69, 9.17) is 9.26 Å². The van der Waals surface area contributed by atoms with Gasteiger partial charge in [0.2, 0.25) is 11.7 Å². The van der Waals surface area contributed by atoms with Crippen LogP contribution in [0.2, 0.25) is 0 Å². The molecule has 0 aliphatic carbocycles. The second kappa shape index (κ2) is 9.89. The molecular weight excluding hydrogens is 446 g/mol. The number of Topliss-reactive ketones (excluding diaryl/α,β-unsaturated/α-hetero) is 1. The number of amides is 1. The minimum absolute atomic E-state index is 0.117. The number of carbonyl (C=O) groups is 3. The Morgan fingerprint density at radius 1 is 0.971 bits per heavy atom. The van der Waals surface area contributed by atoms with Crippen LogP contribution in [0.3, 0.4) is 0 Å². The molecule has 1 amide bonds. The van der Waals surface area contributed by atoms with Crippen LogP contribution in [0.1, 0.15) is 47.2 Å². The fourth-order valence-electron chi connectivity index (χ4n) is 3.53. The van der Waals surface area contributed by atoms with Crippen LogP contribution in [0.4, 0.5) is 5.69 Å². The van der Waals surface area contributed by atoms with Crippen molar-refractivity contribution < 1.29 is 23.6 Å². The molecule has 8 nitrogen and oxygen atoms in total. The highest BCUT2D eigenvalue weighted by Crippen LogP contribution is 2.28. The molecule has 178 valence electrons. The zero-order valence-corrected chi connectivity index (χ0v) is 19.9. The van der Waals surface area contributed by atoms with E-state index in [1.54, 1.807) is 51.1 Å². The van der Waals surface area contributed by atoms with Gasteiger partial charge in [0, 0.05) is 22.7 Å². The molecular formula is C27H25N3O5. The molecule has 0 bridgehead atoms. The van der Waals surface area contributed by atoms with Crippen molar-refractivity contribution in [3.63, 3.8) is 0 Å². The second-order valence-corrected chi connectivity index (χ2v) is 8.50. The lowest BCUT2D eigenvalue weighted by molar-refractivity contribution is -0.118. The minimum Gasteiger partial charge on any atom is -0.451 e. The number of hydrogen-bond donors (Lipinski definition) is 1. The van der Waals surface area contributed by atoms with E-state index in [-0.39, 0.29) is 28.9 Å². The van der Waals surface area contributed by atoms with Crippen molar-refractivity contribution in [1.82, 2.24) is 10.1 Å². The van der Waals surface area contributed by atoms with Crippen molar-refractivity contribution >= 4 is 34.4 Å². The Morgan fingerprint density at radius 2 is 1.66 bits per heavy atom. The third-order valence-electron chi connectivity index (χ3n) is 5.52. The fraction of sp³-hybridized carbons (Fsp3) is 0.222. The maximum atomic E-state index is 13.2. The molecule has 1 unspecified atom stereocenters. The van der Waals surface area contributed by atoms with E-state index in [1.165, 1.54) is 6.92 Å². The first kappa shape index (κ1) is 23.8. The van der Waals surface area contributed by atoms with Gasteiger partial charge in [0.05, 0.1) is 22.3 Å². The van der Waals surface area contributed by atoms with E-state index in [9.17, 15) is 14.4 Å². The monoisotopic (exact) mass is 471 g/mol. The Morgan fingerprint density at radius 3 is 2.31 bits per heavy atom. The van der Waals surface area contributed by atoms with Crippen LogP contribution in [-0.2, 0) is 9.53 Å². The van der Waals surface area contributed by atoms with Crippen LogP contribution >= 0.6 is 0 Å². The molecule has 2 aromatic carbocycles. The highest BCUT2D eigenvalue weighted by atomic mass is 16.5. The molecule has 2 heterocycles. The van der Waals surface area contributed by atoms with Crippen LogP contribution < -0.4 is 5.32 Å². The molecule has 1 atom stereocenters. The first-order valence-electron chi connectivity index (χ1n) is 11.2. The van der Waals surface area contributed by atoms with Crippen LogP contribution in [-0.4, -0.2) is 33.9 Å². The quantitative estimate of drug-likeness (QED) is 0.290. The number of nitrogens with one attached hydrogen (secondary N) is 1. The number of aromatic nitrogens is 2. The van der Waals surface area contributed by atoms with Crippen molar-refractivity contribution in [1.29, 1.82) is 0 Å². The number of benzene rings is 2. The number of fused-ring (bicyclic) bond motifs is 1. The standard InChI is InChI=1S/C27H25N3O5/c1-15(2)25(32)28-20-12-10-19(11-13-20)24(31)17(4)34-27(33)21-14-22(18-8-6-5-7-9-18)29-26-23(21)16(3)30-35-26/h5-15,17H,1-4H3,(H,28,32). The van der Waals surface area contributed by atoms with Gasteiger partial charge in [-0.25, -0.2) is 9.78 Å². The van der Waals surface area contributed by atoms with Crippen molar-refractivity contribution in [2.24, 2.45) is 5.92 Å². The molecule has 8 heteroatoms. The lowest BCUT2D eigenvalue weighted by Crippen LogP contribution is -2.24. The highest BCUT2D eigenvalue weighted by molar-refractivity contribution is 6.06. The van der Waals surface area contributed by atoms with Crippen LogP contribution in [0.15, 0.2) is 65.2 Å². The average Bonchev–Trinajstić information content (AvgIpc) is 3.24. The molecule has 35 heavy (non-hydrogen) atoms. The van der Waals surface area contributed by atoms with E-state index >= 15 is 0 Å². The van der Waals surface area contributed by atoms with Gasteiger partial charge in [-0.3, -0.25) is 9.59 Å². The summed E-state index contributed by atoms with van der Waals surface area (Å²) in [5, 5.41) is 7.15. The summed E-state index contributed by atoms with van der Waals surface area (Å²) in [5.74, 6) is -1.32. The number of carbonyl (C=O) groups excluding carboxylic acids is 3. The smallest absolute Gasteiger partial charge is 0.339 e. The Labute approximate surface area is 202 Å². The molecule has 0 spiro atoms. The van der Waals surface area contributed by atoms with Crippen molar-refractivity contribution in [2.45, 2.75) is 33.8 Å². The van der Waals surface area contributed by atoms with Gasteiger partial charge >= 0.3 is 5.97 Å². The van der Waals surface area contributed by atoms with Gasteiger partial charge in [-0.1, -0.05) is 49.3 Å². The molecule has 4 rings (SSSR count). The van der Waals surface area contributed by atoms with E-state index < -0.39 is 12.1 Å². The summed E-state index contributed by atoms with van der Waals surface area (Å²) in [4.78, 5) is 42.4. The van der Waals surface area contributed by atoms with Crippen molar-refractivity contribution in [3.05, 3.63) is 77.5 Å². The molecule has 4 aromatic rings. The lowest BCUT2D eigenvalue weighted by Gasteiger charge is -2.14. The van der Waals surface area contributed by atoms with Gasteiger partial charge in [-0.05, 0) is 44.2 Å². The number of ether oxygens (including phenoxy) is 1. The van der Waals surface area contributed by atoms with Crippen molar-refractivity contribution in [2.75, 3.05) is 5.32 Å². The number of pyridine rings is 1. The molecule has 0 fully saturated rings. The summed E-state index contributed by atoms with van der Waals surface area (Å²) < 4.78 is 10.9. The molecule has 0 saturated carbocycles. The number of anilines is 1. The molecule has 1 N–H and O–H groups in total. The zero-order chi connectivity index (χ0) is 25.1. The fourth-order valence-corrected chi connectivity index (χ4v) is 3.53. The first-order chi connectivity index (χ1) is 16.7. The number of hydrogen-bond acceptors (Lipinski definition) is 7. The van der Waals surface area contributed by atoms with Gasteiger partial charge in [-0.15, -0.1) is 0 Å². The van der Waals surface area contributed by atoms with Gasteiger partial charge in [-0.2, -0.15) is 0 Å². The Kier molecular flexibility index (Phi) is 6.73. The maximum Gasteiger partial charge on any atom is 0.339 e. The second-order valence-electron chi connectivity index (χ2n) is 8.50. The first-order valence-corrected chi connectivity index (χ1v) is 11.2. The maximum absolute atomic E-state index is 13.2. The predicted octanol–water partition coefficient (Wildman–Crippen LogP) is 5.22. The summed E-state index contributed by atoms with van der Waals surface area (Å²) in [7, 11) is 0. The van der Waals surface area contributed by atoms with Crippen LogP contribution in [0, 0.1) is 12.8 Å². The highest BCUT2D eigenvalue weighted by Gasteiger charge is 2.25. The van der Waals surface area contributed by atoms with Gasteiger partial charge in [0.25, 0.3) is 5.71 Å². The Bertz CT molecular complexity index is 1390. The Balaban J connectivity index is 1.55. The summed E-state index contributed by atoms with van der Waals surface area (Å²) in [6.07, 6.45) is -1.04. The van der Waals surface area contributed by atoms with Gasteiger partial charge in [0.1, 0.15) is 0 Å². The predicted molar refractivity (Wildman–Crippen MR) is 131 cm³/mol. The van der Waals surface area contributed by atoms with E-state index in [1.807, 2.05) is 30.3 Å². The van der Waals surface area contributed by atoms with E-state index in [0.717, 1.165) is 5.56 Å². The normalized spacial score (nSPS) is 11.9. The number of rotatable bonds is 7. The minimum atomic E-state index is -1.04. The zero-order valence-electron chi connectivity index (χ0n) is 19.9. The number of ketones is 1. The number of aryl methyl sites for hydroxylation is 1. The summed E-state index contributed by atoms with van der Waals surface area (Å²) in [5.41, 5.74) is 3.20. The molecule has 2 aromatic heterocycles. The molecule has 0 aliphatic rings. The SMILES string of the molecule is Cc1noc2nc(-c3ccccc3)cc(C(=O)OC(C)C(=O)c3ccc(NC(=O)C(C)C)cc3)c12. The topological polar surface area (TPSA) is 111 Å². The van der Waals surface area contributed by atoms with Crippen LogP contribution in [0.25, 0.3) is 22.4 Å². The van der Waals surface area contributed by atoms with E-state index in [2.05, 4.69) is 15.5 Å². The summed E-state index contributed by atoms with van der Waals surface area (Å²) in [6.45, 7) is 6.82. The average molecular weight is 472 g/mol. The third-order valence-corrected chi connectivity index (χ3v) is 5.52. The lowest BCUT2D eigenvalue weighted by atomic mass is 10.0. The van der Waals surface area contributed by atoms with Gasteiger partial charge < -0.3 is 14.6 Å². The number of nitrogens with zero attached hydrogens (tertiary/aromatic N) is 2. The number of esters is 1. The molecule has 0 radical (unpaired) electrons. The molecule has 0 saturated heterocycles. The van der Waals surface area contributed by atoms with Crippen LogP contribution in [0.5, 0.6) is 0 Å². The largest absolute Gasteiger partial charge is 0.451 e. The molecule has 0 aliphatic heterocycles.